The van der Waals surface area contributed by atoms with Gasteiger partial charge in [0.25, 0.3) is 17.9 Å². The Bertz CT molecular complexity index is 1640. The molecular weight excluding hydrogens is 592 g/mol. The number of carbonyl (C=O) groups is 2. The van der Waals surface area contributed by atoms with Crippen LogP contribution in [0.3, 0.4) is 0 Å². The molecule has 4 aromatic rings. The van der Waals surface area contributed by atoms with Crippen LogP contribution in [0.25, 0.3) is 5.95 Å². The summed E-state index contributed by atoms with van der Waals surface area (Å²) in [5.74, 6) is -0.377. The van der Waals surface area contributed by atoms with Crippen molar-refractivity contribution in [3.8, 4) is 11.7 Å². The van der Waals surface area contributed by atoms with Gasteiger partial charge in [-0.05, 0) is 68.1 Å². The second-order valence-electron chi connectivity index (χ2n) is 10.9. The van der Waals surface area contributed by atoms with Gasteiger partial charge in [-0.1, -0.05) is 30.3 Å². The first kappa shape index (κ1) is 35.1. The molecule has 0 aliphatic carbocycles. The second-order valence-corrected chi connectivity index (χ2v) is 10.9. The van der Waals surface area contributed by atoms with Gasteiger partial charge >= 0.3 is 5.69 Å². The van der Waals surface area contributed by atoms with E-state index in [9.17, 15) is 4.79 Å². The molecule has 3 heterocycles. The van der Waals surface area contributed by atoms with Crippen LogP contribution in [0.1, 0.15) is 60.7 Å². The fraction of sp³-hybridized carbons (Fsp3) is 0.344. The van der Waals surface area contributed by atoms with Gasteiger partial charge in [-0.2, -0.15) is 0 Å². The van der Waals surface area contributed by atoms with Gasteiger partial charge in [0.2, 0.25) is 0 Å². The number of aromatic amines is 1. The highest BCUT2D eigenvalue weighted by Crippen LogP contribution is 2.31. The Balaban J connectivity index is 0.000000647. The summed E-state index contributed by atoms with van der Waals surface area (Å²) >= 11 is 0. The number of ether oxygens (including phenoxy) is 1. The number of nitrogens with two attached hydrogens (primary N) is 1. The zero-order chi connectivity index (χ0) is 33.8. The lowest BCUT2D eigenvalue weighted by Crippen LogP contribution is -2.35. The van der Waals surface area contributed by atoms with E-state index in [1.165, 1.54) is 4.68 Å². The Morgan fingerprint density at radius 2 is 1.65 bits per heavy atom. The first-order valence-corrected chi connectivity index (χ1v) is 14.6. The van der Waals surface area contributed by atoms with Gasteiger partial charge in [-0.25, -0.2) is 14.8 Å². The number of carboxylic acid groups (broad SMARTS) is 2. The molecule has 14 nitrogen and oxygen atoms in total. The van der Waals surface area contributed by atoms with Crippen molar-refractivity contribution in [3.63, 3.8) is 0 Å². The number of nitrogen functional groups attached to an aromatic ring is 1. The van der Waals surface area contributed by atoms with Gasteiger partial charge in [-0.3, -0.25) is 20.0 Å². The SMILES string of the molecule is CC(=O)O.CC(=O)O.Cc1cc(OC2CCN(C)CC2)cc(C(Cc2ccc(C(=N)N)cc2)c2nn(-c3ncccn3)c(=O)[nH]2)c1. The number of aryl methyl sites for hydroxylation is 1. The van der Waals surface area contributed by atoms with Crippen molar-refractivity contribution in [1.29, 1.82) is 5.41 Å². The first-order chi connectivity index (χ1) is 21.8. The lowest BCUT2D eigenvalue weighted by molar-refractivity contribution is -0.135. The summed E-state index contributed by atoms with van der Waals surface area (Å²) in [5.41, 5.74) is 8.97. The normalized spacial score (nSPS) is 13.7. The maximum atomic E-state index is 12.9. The number of likely N-dealkylation sites (tertiary alicyclic amines) is 1. The fourth-order valence-corrected chi connectivity index (χ4v) is 4.80. The zero-order valence-corrected chi connectivity index (χ0v) is 26.3. The highest BCUT2D eigenvalue weighted by molar-refractivity contribution is 5.94. The van der Waals surface area contributed by atoms with Crippen LogP contribution in [0, 0.1) is 12.3 Å². The molecule has 5 rings (SSSR count). The number of nitrogens with zero attached hydrogens (tertiary/aromatic N) is 5. The second kappa shape index (κ2) is 16.6. The fourth-order valence-electron chi connectivity index (χ4n) is 4.80. The lowest BCUT2D eigenvalue weighted by Gasteiger charge is -2.29. The van der Waals surface area contributed by atoms with Crippen molar-refractivity contribution >= 4 is 17.8 Å². The number of nitrogens with one attached hydrogen (secondary N) is 2. The number of aliphatic carboxylic acids is 2. The summed E-state index contributed by atoms with van der Waals surface area (Å²) in [6.45, 7) is 6.24. The Morgan fingerprint density at radius 1 is 1.07 bits per heavy atom. The smallest absolute Gasteiger partial charge is 0.350 e. The Hall–Kier alpha value is -5.37. The third-order valence-corrected chi connectivity index (χ3v) is 6.86. The molecule has 1 saturated heterocycles. The van der Waals surface area contributed by atoms with Crippen molar-refractivity contribution in [1.82, 2.24) is 29.6 Å². The van der Waals surface area contributed by atoms with E-state index in [-0.39, 0.29) is 23.8 Å². The summed E-state index contributed by atoms with van der Waals surface area (Å²) in [6, 6.07) is 15.5. The van der Waals surface area contributed by atoms with E-state index >= 15 is 0 Å². The standard InChI is InChI=1S/C28H32N8O2.2C2H4O2/c1-18-14-21(17-23(15-18)38-22-8-12-35(2)13-9-22)24(16-19-4-6-20(7-5-19)25(29)30)26-33-28(37)36(34-26)27-31-10-3-11-32-27;2*1-2(3)4/h3-7,10-11,14-15,17,22,24H,8-9,12-13,16H2,1-2H3,(H3,29,30)(H,33,34,37);2*1H3,(H,3,4). The molecule has 0 amide bonds. The number of aromatic nitrogens is 5. The summed E-state index contributed by atoms with van der Waals surface area (Å²) in [7, 11) is 2.13. The predicted molar refractivity (Wildman–Crippen MR) is 172 cm³/mol. The number of piperidine rings is 1. The van der Waals surface area contributed by atoms with Crippen molar-refractivity contribution in [3.05, 3.63) is 99.5 Å². The summed E-state index contributed by atoms with van der Waals surface area (Å²) in [4.78, 5) is 44.5. The maximum absolute atomic E-state index is 12.9. The molecule has 0 saturated carbocycles. The minimum atomic E-state index is -0.833. The molecule has 1 aliphatic heterocycles. The molecule has 0 spiro atoms. The molecule has 0 radical (unpaired) electrons. The van der Waals surface area contributed by atoms with Gasteiger partial charge in [0, 0.05) is 50.8 Å². The van der Waals surface area contributed by atoms with Crippen LogP contribution in [0.2, 0.25) is 0 Å². The average Bonchev–Trinajstić information content (AvgIpc) is 3.38. The van der Waals surface area contributed by atoms with E-state index in [1.54, 1.807) is 18.5 Å². The van der Waals surface area contributed by atoms with Crippen LogP contribution in [-0.4, -0.2) is 83.9 Å². The Morgan fingerprint density at radius 3 is 2.22 bits per heavy atom. The van der Waals surface area contributed by atoms with Gasteiger partial charge in [0.1, 0.15) is 23.5 Å². The number of hydrogen-bond donors (Lipinski definition) is 5. The van der Waals surface area contributed by atoms with E-state index in [0.717, 1.165) is 62.2 Å². The molecule has 0 bridgehead atoms. The van der Waals surface area contributed by atoms with Crippen LogP contribution < -0.4 is 16.2 Å². The largest absolute Gasteiger partial charge is 0.490 e. The van der Waals surface area contributed by atoms with E-state index in [1.807, 2.05) is 31.2 Å². The topological polar surface area (TPSA) is 213 Å². The van der Waals surface area contributed by atoms with Gasteiger partial charge < -0.3 is 25.6 Å². The quantitative estimate of drug-likeness (QED) is 0.141. The lowest BCUT2D eigenvalue weighted by atomic mass is 9.90. The van der Waals surface area contributed by atoms with Gasteiger partial charge in [0.05, 0.1) is 0 Å². The van der Waals surface area contributed by atoms with Crippen LogP contribution in [0.4, 0.5) is 0 Å². The summed E-state index contributed by atoms with van der Waals surface area (Å²) in [6.07, 6.45) is 5.86. The van der Waals surface area contributed by atoms with Crippen molar-refractivity contribution in [2.45, 2.75) is 52.1 Å². The highest BCUT2D eigenvalue weighted by Gasteiger charge is 2.24. The predicted octanol–water partition coefficient (Wildman–Crippen LogP) is 2.97. The molecule has 46 heavy (non-hydrogen) atoms. The monoisotopic (exact) mass is 632 g/mol. The number of carboxylic acids is 2. The Kier molecular flexibility index (Phi) is 12.7. The number of hydrogen-bond acceptors (Lipinski definition) is 9. The van der Waals surface area contributed by atoms with E-state index < -0.39 is 17.6 Å². The third-order valence-electron chi connectivity index (χ3n) is 6.86. The van der Waals surface area contributed by atoms with E-state index in [2.05, 4.69) is 50.2 Å². The zero-order valence-electron chi connectivity index (χ0n) is 26.3. The van der Waals surface area contributed by atoms with Crippen LogP contribution in [0.5, 0.6) is 5.75 Å². The minimum absolute atomic E-state index is 0.0217. The van der Waals surface area contributed by atoms with Crippen molar-refractivity contribution < 1.29 is 24.5 Å². The van der Waals surface area contributed by atoms with Crippen LogP contribution in [0.15, 0.2) is 65.7 Å². The summed E-state index contributed by atoms with van der Waals surface area (Å²) < 4.78 is 7.61. The maximum Gasteiger partial charge on any atom is 0.350 e. The van der Waals surface area contributed by atoms with Crippen LogP contribution in [-0.2, 0) is 16.0 Å². The Labute approximate surface area is 266 Å². The molecular formula is C32H40N8O6. The summed E-state index contributed by atoms with van der Waals surface area (Å²) in [5, 5.41) is 27.1. The molecule has 14 heteroatoms. The molecule has 2 aromatic heterocycles. The molecule has 1 aliphatic rings. The van der Waals surface area contributed by atoms with E-state index in [0.29, 0.717) is 17.8 Å². The average molecular weight is 633 g/mol. The number of benzene rings is 2. The van der Waals surface area contributed by atoms with Crippen molar-refractivity contribution in [2.75, 3.05) is 20.1 Å². The van der Waals surface area contributed by atoms with Crippen LogP contribution >= 0.6 is 0 Å². The number of H-pyrrole nitrogens is 1. The molecule has 244 valence electrons. The number of rotatable bonds is 8. The minimum Gasteiger partial charge on any atom is -0.490 e. The van der Waals surface area contributed by atoms with Gasteiger partial charge in [0.15, 0.2) is 0 Å². The molecule has 1 fully saturated rings. The molecule has 1 unspecified atom stereocenters. The third kappa shape index (κ3) is 11.0. The molecule has 2 aromatic carbocycles. The van der Waals surface area contributed by atoms with Crippen molar-refractivity contribution in [2.24, 2.45) is 5.73 Å². The highest BCUT2D eigenvalue weighted by atomic mass is 16.5. The number of amidine groups is 1. The molecule has 1 atom stereocenters. The molecule has 6 N–H and O–H groups in total. The first-order valence-electron chi connectivity index (χ1n) is 14.6. The van der Waals surface area contributed by atoms with Gasteiger partial charge in [-0.15, -0.1) is 9.78 Å². The van der Waals surface area contributed by atoms with E-state index in [4.69, 9.17) is 35.7 Å².